The van der Waals surface area contributed by atoms with Crippen molar-refractivity contribution in [3.8, 4) is 11.3 Å². The van der Waals surface area contributed by atoms with Crippen LogP contribution in [0.25, 0.3) is 11.3 Å². The molecule has 1 saturated heterocycles. The molecule has 0 spiro atoms. The quantitative estimate of drug-likeness (QED) is 0.643. The third kappa shape index (κ3) is 4.31. The molecule has 1 aliphatic heterocycles. The average molecular weight is 446 g/mol. The molecule has 162 valence electrons. The van der Waals surface area contributed by atoms with Gasteiger partial charge in [-0.25, -0.2) is 8.78 Å². The maximum atomic E-state index is 13.7. The second-order valence-corrected chi connectivity index (χ2v) is 8.11. The highest BCUT2D eigenvalue weighted by Gasteiger charge is 2.29. The van der Waals surface area contributed by atoms with Crippen LogP contribution in [0.1, 0.15) is 34.0 Å². The van der Waals surface area contributed by atoms with Crippen molar-refractivity contribution >= 4 is 17.5 Å². The van der Waals surface area contributed by atoms with Gasteiger partial charge in [0.05, 0.1) is 16.9 Å². The normalized spacial score (nSPS) is 18.7. The summed E-state index contributed by atoms with van der Waals surface area (Å²) in [5, 5.41) is 10.9. The zero-order chi connectivity index (χ0) is 22.1. The molecular weight excluding hydrogens is 424 g/mol. The average Bonchev–Trinajstić information content (AvgIpc) is 3.08. The van der Waals surface area contributed by atoms with Crippen LogP contribution in [0.5, 0.6) is 0 Å². The number of carbonyl (C=O) groups is 1. The first-order chi connectivity index (χ1) is 14.8. The molecule has 4 rings (SSSR count). The SMILES string of the molecule is Cc1cc(C(=O)N[C@@H]2CNCC[C@H]2c2ccc(F)c(F)c2)ncc1-c1c(Cl)cnn1C. The molecular formula is C22H22ClF2N5O. The van der Waals surface area contributed by atoms with Gasteiger partial charge in [0.2, 0.25) is 0 Å². The van der Waals surface area contributed by atoms with Crippen molar-refractivity contribution in [2.75, 3.05) is 13.1 Å². The maximum Gasteiger partial charge on any atom is 0.270 e. The zero-order valence-corrected chi connectivity index (χ0v) is 17.9. The number of pyridine rings is 1. The Morgan fingerprint density at radius 2 is 2.06 bits per heavy atom. The fourth-order valence-electron chi connectivity index (χ4n) is 4.04. The van der Waals surface area contributed by atoms with E-state index in [-0.39, 0.29) is 23.6 Å². The van der Waals surface area contributed by atoms with Crippen LogP contribution in [0.3, 0.4) is 0 Å². The first-order valence-electron chi connectivity index (χ1n) is 9.96. The molecule has 1 aliphatic rings. The Labute approximate surface area is 183 Å². The predicted octanol–water partition coefficient (Wildman–Crippen LogP) is 3.60. The Morgan fingerprint density at radius 1 is 1.26 bits per heavy atom. The number of halogens is 3. The summed E-state index contributed by atoms with van der Waals surface area (Å²) in [7, 11) is 1.79. The smallest absolute Gasteiger partial charge is 0.270 e. The Bertz CT molecular complexity index is 1110. The Hall–Kier alpha value is -2.84. The molecule has 0 bridgehead atoms. The minimum absolute atomic E-state index is 0.131. The van der Waals surface area contributed by atoms with Gasteiger partial charge in [0.25, 0.3) is 5.91 Å². The molecule has 0 saturated carbocycles. The number of nitrogens with one attached hydrogen (secondary N) is 2. The van der Waals surface area contributed by atoms with Crippen molar-refractivity contribution in [2.45, 2.75) is 25.3 Å². The summed E-state index contributed by atoms with van der Waals surface area (Å²) in [6, 6.07) is 5.33. The molecule has 3 aromatic rings. The standard InChI is InChI=1S/C22H22ClF2N5O/c1-12-7-19(27-9-15(12)21-16(23)10-28-30(21)2)22(31)29-20-11-26-6-5-14(20)13-3-4-17(24)18(25)8-13/h3-4,7-10,14,20,26H,5-6,11H2,1-2H3,(H,29,31)/t14-,20+/m0/s1. The van der Waals surface area contributed by atoms with E-state index in [0.717, 1.165) is 29.4 Å². The van der Waals surface area contributed by atoms with Crippen molar-refractivity contribution < 1.29 is 13.6 Å². The number of amides is 1. The highest BCUT2D eigenvalue weighted by molar-refractivity contribution is 6.33. The van der Waals surface area contributed by atoms with Gasteiger partial charge in [0, 0.05) is 37.3 Å². The third-order valence-electron chi connectivity index (χ3n) is 5.66. The van der Waals surface area contributed by atoms with E-state index < -0.39 is 11.6 Å². The number of hydrogen-bond donors (Lipinski definition) is 2. The van der Waals surface area contributed by atoms with Crippen LogP contribution in [0.4, 0.5) is 8.78 Å². The van der Waals surface area contributed by atoms with E-state index in [1.165, 1.54) is 6.07 Å². The second-order valence-electron chi connectivity index (χ2n) is 7.70. The van der Waals surface area contributed by atoms with Gasteiger partial charge in [-0.1, -0.05) is 17.7 Å². The fourth-order valence-corrected chi connectivity index (χ4v) is 4.30. The Balaban J connectivity index is 1.55. The number of aryl methyl sites for hydroxylation is 2. The number of hydrogen-bond acceptors (Lipinski definition) is 4. The molecule has 6 nitrogen and oxygen atoms in total. The lowest BCUT2D eigenvalue weighted by molar-refractivity contribution is 0.0919. The van der Waals surface area contributed by atoms with E-state index >= 15 is 0 Å². The van der Waals surface area contributed by atoms with Crippen molar-refractivity contribution in [1.82, 2.24) is 25.4 Å². The maximum absolute atomic E-state index is 13.7. The number of nitrogens with zero attached hydrogens (tertiary/aromatic N) is 3. The van der Waals surface area contributed by atoms with Crippen molar-refractivity contribution in [3.05, 3.63) is 70.1 Å². The van der Waals surface area contributed by atoms with Crippen LogP contribution in [0.15, 0.2) is 36.7 Å². The molecule has 9 heteroatoms. The number of benzene rings is 1. The van der Waals surface area contributed by atoms with Gasteiger partial charge in [-0.05, 0) is 49.2 Å². The molecule has 31 heavy (non-hydrogen) atoms. The van der Waals surface area contributed by atoms with Crippen LogP contribution in [-0.4, -0.2) is 39.8 Å². The lowest BCUT2D eigenvalue weighted by Crippen LogP contribution is -2.50. The van der Waals surface area contributed by atoms with Gasteiger partial charge in [0.15, 0.2) is 11.6 Å². The third-order valence-corrected chi connectivity index (χ3v) is 5.94. The van der Waals surface area contributed by atoms with E-state index in [0.29, 0.717) is 23.6 Å². The van der Waals surface area contributed by atoms with Crippen LogP contribution in [0.2, 0.25) is 5.02 Å². The number of aromatic nitrogens is 3. The molecule has 0 aliphatic carbocycles. The summed E-state index contributed by atoms with van der Waals surface area (Å²) in [6.45, 7) is 3.13. The van der Waals surface area contributed by atoms with Crippen molar-refractivity contribution in [2.24, 2.45) is 7.05 Å². The summed E-state index contributed by atoms with van der Waals surface area (Å²) in [4.78, 5) is 17.2. The van der Waals surface area contributed by atoms with Gasteiger partial charge in [-0.3, -0.25) is 14.5 Å². The minimum atomic E-state index is -0.886. The molecule has 0 radical (unpaired) electrons. The molecule has 1 amide bonds. The van der Waals surface area contributed by atoms with E-state index in [9.17, 15) is 13.6 Å². The summed E-state index contributed by atoms with van der Waals surface area (Å²) in [5.41, 5.74) is 3.30. The van der Waals surface area contributed by atoms with Crippen molar-refractivity contribution in [1.29, 1.82) is 0 Å². The van der Waals surface area contributed by atoms with E-state index in [4.69, 9.17) is 11.6 Å². The first-order valence-corrected chi connectivity index (χ1v) is 10.3. The van der Waals surface area contributed by atoms with E-state index in [1.807, 2.05) is 6.92 Å². The zero-order valence-electron chi connectivity index (χ0n) is 17.1. The molecule has 2 aromatic heterocycles. The molecule has 2 N–H and O–H groups in total. The van der Waals surface area contributed by atoms with Gasteiger partial charge < -0.3 is 10.6 Å². The van der Waals surface area contributed by atoms with Gasteiger partial charge >= 0.3 is 0 Å². The Morgan fingerprint density at radius 3 is 2.74 bits per heavy atom. The van der Waals surface area contributed by atoms with Crippen LogP contribution in [0, 0.1) is 18.6 Å². The predicted molar refractivity (Wildman–Crippen MR) is 114 cm³/mol. The van der Waals surface area contributed by atoms with Gasteiger partial charge in [-0.15, -0.1) is 0 Å². The monoisotopic (exact) mass is 445 g/mol. The second kappa shape index (κ2) is 8.72. The molecule has 3 heterocycles. The summed E-state index contributed by atoms with van der Waals surface area (Å²) in [6.07, 6.45) is 3.87. The van der Waals surface area contributed by atoms with E-state index in [1.54, 1.807) is 36.3 Å². The summed E-state index contributed by atoms with van der Waals surface area (Å²) >= 11 is 6.23. The van der Waals surface area contributed by atoms with Crippen LogP contribution >= 0.6 is 11.6 Å². The van der Waals surface area contributed by atoms with Gasteiger partial charge in [-0.2, -0.15) is 5.10 Å². The molecule has 1 aromatic carbocycles. The highest BCUT2D eigenvalue weighted by atomic mass is 35.5. The largest absolute Gasteiger partial charge is 0.346 e. The first kappa shape index (κ1) is 21.4. The number of carbonyl (C=O) groups excluding carboxylic acids is 1. The molecule has 1 fully saturated rings. The molecule has 2 atom stereocenters. The lowest BCUT2D eigenvalue weighted by atomic mass is 9.86. The van der Waals surface area contributed by atoms with Crippen LogP contribution < -0.4 is 10.6 Å². The summed E-state index contributed by atoms with van der Waals surface area (Å²) < 4.78 is 28.7. The number of rotatable bonds is 4. The summed E-state index contributed by atoms with van der Waals surface area (Å²) in [5.74, 6) is -2.23. The minimum Gasteiger partial charge on any atom is -0.346 e. The van der Waals surface area contributed by atoms with Crippen LogP contribution in [-0.2, 0) is 7.05 Å². The van der Waals surface area contributed by atoms with Gasteiger partial charge in [0.1, 0.15) is 5.69 Å². The highest BCUT2D eigenvalue weighted by Crippen LogP contribution is 2.30. The topological polar surface area (TPSA) is 71.8 Å². The lowest BCUT2D eigenvalue weighted by Gasteiger charge is -2.33. The Kier molecular flexibility index (Phi) is 6.02. The van der Waals surface area contributed by atoms with E-state index in [2.05, 4.69) is 20.7 Å². The number of piperidine rings is 1. The van der Waals surface area contributed by atoms with Crippen molar-refractivity contribution in [3.63, 3.8) is 0 Å². The molecule has 0 unspecified atom stereocenters. The fraction of sp³-hybridized carbons (Fsp3) is 0.318.